The van der Waals surface area contributed by atoms with Gasteiger partial charge >= 0.3 is 11.9 Å². The van der Waals surface area contributed by atoms with Crippen LogP contribution >= 0.6 is 0 Å². The summed E-state index contributed by atoms with van der Waals surface area (Å²) in [6, 6.07) is 0. The summed E-state index contributed by atoms with van der Waals surface area (Å²) in [6.45, 7) is 0. The lowest BCUT2D eigenvalue weighted by molar-refractivity contribution is -0.144. The Morgan fingerprint density at radius 1 is 1.06 bits per heavy atom. The first kappa shape index (κ1) is 12.9. The largest absolute Gasteiger partial charge is 0.481 e. The van der Waals surface area contributed by atoms with Gasteiger partial charge in [-0.2, -0.15) is 0 Å². The molecule has 0 saturated heterocycles. The van der Waals surface area contributed by atoms with Crippen molar-refractivity contribution in [3.05, 3.63) is 0 Å². The van der Waals surface area contributed by atoms with E-state index in [1.54, 1.807) is 0 Å². The molecule has 3 rings (SSSR count). The molecule has 0 heterocycles. The molecule has 0 amide bonds. The average molecular weight is 232 g/mol. The average Bonchev–Trinajstić information content (AvgIpc) is 2.87. The quantitative estimate of drug-likeness (QED) is 0.641. The summed E-state index contributed by atoms with van der Waals surface area (Å²) in [6.07, 6.45) is 2.81. The molecular formula is C10H16O6. The van der Waals surface area contributed by atoms with E-state index in [2.05, 4.69) is 0 Å². The topological polar surface area (TPSA) is 138 Å². The minimum Gasteiger partial charge on any atom is -0.481 e. The van der Waals surface area contributed by atoms with Crippen LogP contribution in [0.4, 0.5) is 0 Å². The lowest BCUT2D eigenvalue weighted by Gasteiger charge is -2.13. The summed E-state index contributed by atoms with van der Waals surface area (Å²) in [4.78, 5) is 21.8. The van der Waals surface area contributed by atoms with Crippen molar-refractivity contribution < 1.29 is 30.8 Å². The van der Waals surface area contributed by atoms with E-state index in [-0.39, 0.29) is 40.0 Å². The van der Waals surface area contributed by atoms with Crippen molar-refractivity contribution in [1.29, 1.82) is 0 Å². The molecule has 0 aromatic heterocycles. The minimum absolute atomic E-state index is 0. The Morgan fingerprint density at radius 3 is 2.00 bits per heavy atom. The molecule has 0 radical (unpaired) electrons. The Bertz CT molecular complexity index is 334. The van der Waals surface area contributed by atoms with Gasteiger partial charge in [-0.05, 0) is 36.5 Å². The molecule has 6 N–H and O–H groups in total. The number of carboxylic acids is 2. The highest BCUT2D eigenvalue weighted by atomic mass is 16.4. The van der Waals surface area contributed by atoms with Crippen LogP contribution in [0.3, 0.4) is 0 Å². The second kappa shape index (κ2) is 3.43. The number of carbonyl (C=O) groups is 2. The molecule has 4 unspecified atom stereocenters. The van der Waals surface area contributed by atoms with E-state index in [1.165, 1.54) is 0 Å². The molecule has 6 nitrogen and oxygen atoms in total. The van der Waals surface area contributed by atoms with Crippen molar-refractivity contribution in [3.8, 4) is 0 Å². The number of hydrogen-bond donors (Lipinski definition) is 2. The van der Waals surface area contributed by atoms with Crippen LogP contribution < -0.4 is 0 Å². The minimum atomic E-state index is -0.799. The SMILES string of the molecule is O.O.O=C(O)C1CC2(CC2)C2C(C(=O)O)C12. The number of aliphatic carboxylic acids is 2. The highest BCUT2D eigenvalue weighted by Crippen LogP contribution is 2.77. The standard InChI is InChI=1S/C10H12O4.2H2O/c11-8(12)4-3-10(1-2-10)7-5(4)6(7)9(13)14;;/h4-7H,1-3H2,(H,11,12)(H,13,14);2*1H2. The lowest BCUT2D eigenvalue weighted by atomic mass is 9.91. The van der Waals surface area contributed by atoms with Gasteiger partial charge in [0.15, 0.2) is 0 Å². The Kier molecular flexibility index (Phi) is 2.77. The van der Waals surface area contributed by atoms with Crippen molar-refractivity contribution in [1.82, 2.24) is 0 Å². The van der Waals surface area contributed by atoms with Gasteiger partial charge in [0.25, 0.3) is 0 Å². The van der Waals surface area contributed by atoms with E-state index in [4.69, 9.17) is 10.2 Å². The molecule has 3 aliphatic rings. The van der Waals surface area contributed by atoms with Crippen molar-refractivity contribution in [2.75, 3.05) is 0 Å². The Hall–Kier alpha value is -1.14. The molecule has 0 aromatic carbocycles. The fraction of sp³-hybridized carbons (Fsp3) is 0.800. The summed E-state index contributed by atoms with van der Waals surface area (Å²) < 4.78 is 0. The van der Waals surface area contributed by atoms with Crippen molar-refractivity contribution in [2.45, 2.75) is 19.3 Å². The van der Waals surface area contributed by atoms with Crippen LogP contribution in [0.5, 0.6) is 0 Å². The maximum atomic E-state index is 10.9. The maximum absolute atomic E-state index is 10.9. The molecule has 1 spiro atoms. The number of rotatable bonds is 2. The lowest BCUT2D eigenvalue weighted by Crippen LogP contribution is -2.20. The summed E-state index contributed by atoms with van der Waals surface area (Å²) in [5, 5.41) is 17.9. The molecule has 6 heteroatoms. The zero-order chi connectivity index (χ0) is 10.1. The van der Waals surface area contributed by atoms with Crippen LogP contribution in [0.1, 0.15) is 19.3 Å². The maximum Gasteiger partial charge on any atom is 0.307 e. The van der Waals surface area contributed by atoms with Gasteiger partial charge in [-0.25, -0.2) is 0 Å². The molecule has 92 valence electrons. The third-order valence-corrected chi connectivity index (χ3v) is 4.37. The molecule has 3 aliphatic carbocycles. The first-order chi connectivity index (χ1) is 6.57. The van der Waals surface area contributed by atoms with Crippen LogP contribution in [-0.4, -0.2) is 33.1 Å². The summed E-state index contributed by atoms with van der Waals surface area (Å²) in [7, 11) is 0. The van der Waals surface area contributed by atoms with Crippen LogP contribution in [0, 0.1) is 29.1 Å². The Balaban J connectivity index is 0.000000640. The predicted molar refractivity (Wildman–Crippen MR) is 52.7 cm³/mol. The van der Waals surface area contributed by atoms with Gasteiger partial charge in [0.1, 0.15) is 0 Å². The van der Waals surface area contributed by atoms with E-state index in [9.17, 15) is 9.59 Å². The second-order valence-corrected chi connectivity index (χ2v) is 4.98. The molecule has 0 aliphatic heterocycles. The van der Waals surface area contributed by atoms with Gasteiger partial charge in [0.2, 0.25) is 0 Å². The van der Waals surface area contributed by atoms with E-state index >= 15 is 0 Å². The monoisotopic (exact) mass is 232 g/mol. The van der Waals surface area contributed by atoms with Crippen LogP contribution in [0.2, 0.25) is 0 Å². The second-order valence-electron chi connectivity index (χ2n) is 4.98. The summed E-state index contributed by atoms with van der Waals surface area (Å²) in [5.41, 5.74) is 0.122. The molecule has 3 fully saturated rings. The van der Waals surface area contributed by atoms with Crippen molar-refractivity contribution >= 4 is 11.9 Å². The highest BCUT2D eigenvalue weighted by molar-refractivity contribution is 5.80. The van der Waals surface area contributed by atoms with E-state index in [1.807, 2.05) is 0 Å². The number of carboxylic acid groups (broad SMARTS) is 2. The van der Waals surface area contributed by atoms with E-state index < -0.39 is 11.9 Å². The van der Waals surface area contributed by atoms with Gasteiger partial charge in [-0.15, -0.1) is 0 Å². The fourth-order valence-corrected chi connectivity index (χ4v) is 3.60. The zero-order valence-corrected chi connectivity index (χ0v) is 8.64. The van der Waals surface area contributed by atoms with Gasteiger partial charge in [0.05, 0.1) is 11.8 Å². The summed E-state index contributed by atoms with van der Waals surface area (Å²) >= 11 is 0. The van der Waals surface area contributed by atoms with Crippen LogP contribution in [0.25, 0.3) is 0 Å². The van der Waals surface area contributed by atoms with E-state index in [0.717, 1.165) is 19.3 Å². The molecule has 0 bridgehead atoms. The Morgan fingerprint density at radius 2 is 1.62 bits per heavy atom. The zero-order valence-electron chi connectivity index (χ0n) is 8.64. The van der Waals surface area contributed by atoms with Gasteiger partial charge < -0.3 is 21.2 Å². The first-order valence-electron chi connectivity index (χ1n) is 5.02. The number of hydrogen-bond acceptors (Lipinski definition) is 2. The smallest absolute Gasteiger partial charge is 0.307 e. The summed E-state index contributed by atoms with van der Waals surface area (Å²) in [5.74, 6) is -2.21. The van der Waals surface area contributed by atoms with Crippen molar-refractivity contribution in [2.24, 2.45) is 29.1 Å². The molecule has 16 heavy (non-hydrogen) atoms. The van der Waals surface area contributed by atoms with Crippen molar-refractivity contribution in [3.63, 3.8) is 0 Å². The van der Waals surface area contributed by atoms with Gasteiger partial charge in [0, 0.05) is 0 Å². The highest BCUT2D eigenvalue weighted by Gasteiger charge is 2.76. The van der Waals surface area contributed by atoms with Crippen LogP contribution in [0.15, 0.2) is 0 Å². The Labute approximate surface area is 91.9 Å². The molecule has 0 aromatic rings. The molecular weight excluding hydrogens is 216 g/mol. The normalized spacial score (nSPS) is 40.2. The predicted octanol–water partition coefficient (Wildman–Crippen LogP) is -0.832. The van der Waals surface area contributed by atoms with Gasteiger partial charge in [-0.1, -0.05) is 0 Å². The van der Waals surface area contributed by atoms with Crippen LogP contribution in [-0.2, 0) is 9.59 Å². The number of fused-ring (bicyclic) bond motifs is 2. The van der Waals surface area contributed by atoms with Gasteiger partial charge in [-0.3, -0.25) is 9.59 Å². The third kappa shape index (κ3) is 1.33. The third-order valence-electron chi connectivity index (χ3n) is 4.37. The van der Waals surface area contributed by atoms with E-state index in [0.29, 0.717) is 0 Å². The first-order valence-corrected chi connectivity index (χ1v) is 5.02. The molecule has 3 saturated carbocycles. The molecule has 4 atom stereocenters. The fourth-order valence-electron chi connectivity index (χ4n) is 3.60.